The molecule has 0 spiro atoms. The van der Waals surface area contributed by atoms with Gasteiger partial charge in [-0.15, -0.1) is 0 Å². The van der Waals surface area contributed by atoms with Gasteiger partial charge in [-0.2, -0.15) is 0 Å². The highest BCUT2D eigenvalue weighted by Gasteiger charge is 2.37. The number of benzene rings is 1. The van der Waals surface area contributed by atoms with Gasteiger partial charge in [-0.1, -0.05) is 35.0 Å². The van der Waals surface area contributed by atoms with Crippen molar-refractivity contribution < 1.29 is 4.79 Å². The maximum Gasteiger partial charge on any atom is 0.224 e. The van der Waals surface area contributed by atoms with E-state index in [0.29, 0.717) is 6.42 Å². The first kappa shape index (κ1) is 13.6. The summed E-state index contributed by atoms with van der Waals surface area (Å²) < 4.78 is 1.09. The van der Waals surface area contributed by atoms with Gasteiger partial charge in [-0.3, -0.25) is 4.79 Å². The third kappa shape index (κ3) is 2.45. The Morgan fingerprint density at radius 3 is 2.83 bits per heavy atom. The predicted octanol–water partition coefficient (Wildman–Crippen LogP) is 2.77. The van der Waals surface area contributed by atoms with Crippen molar-refractivity contribution in [2.24, 2.45) is 5.73 Å². The number of hydrogen-bond donors (Lipinski definition) is 1. The van der Waals surface area contributed by atoms with E-state index in [4.69, 9.17) is 5.73 Å². The highest BCUT2D eigenvalue weighted by atomic mass is 79.9. The van der Waals surface area contributed by atoms with Gasteiger partial charge >= 0.3 is 0 Å². The average molecular weight is 311 g/mol. The lowest BCUT2D eigenvalue weighted by atomic mass is 9.99. The maximum absolute atomic E-state index is 11.9. The molecule has 0 aliphatic carbocycles. The van der Waals surface area contributed by atoms with E-state index in [1.165, 1.54) is 5.56 Å². The zero-order chi connectivity index (χ0) is 13.3. The molecule has 1 heterocycles. The van der Waals surface area contributed by atoms with Crippen LogP contribution in [0.25, 0.3) is 0 Å². The van der Waals surface area contributed by atoms with E-state index < -0.39 is 0 Å². The second-order valence-corrected chi connectivity index (χ2v) is 5.76. The van der Waals surface area contributed by atoms with E-state index in [2.05, 4.69) is 41.9 Å². The van der Waals surface area contributed by atoms with E-state index >= 15 is 0 Å². The molecule has 1 fully saturated rings. The molecule has 2 rings (SSSR count). The lowest BCUT2D eigenvalue weighted by Gasteiger charge is -2.27. The SMILES string of the molecule is CCCN1C(=O)CC(N)C1c1ccc(Br)c(C)c1. The van der Waals surface area contributed by atoms with Crippen molar-refractivity contribution in [3.63, 3.8) is 0 Å². The Hall–Kier alpha value is -0.870. The molecule has 3 nitrogen and oxygen atoms in total. The van der Waals surface area contributed by atoms with Crippen LogP contribution in [0.4, 0.5) is 0 Å². The van der Waals surface area contributed by atoms with E-state index in [-0.39, 0.29) is 18.0 Å². The Kier molecular flexibility index (Phi) is 4.07. The second kappa shape index (κ2) is 5.41. The molecular formula is C14H19BrN2O. The first-order valence-electron chi connectivity index (χ1n) is 6.35. The molecule has 1 aliphatic rings. The predicted molar refractivity (Wildman–Crippen MR) is 76.2 cm³/mol. The second-order valence-electron chi connectivity index (χ2n) is 4.91. The fourth-order valence-corrected chi connectivity index (χ4v) is 2.85. The number of halogens is 1. The van der Waals surface area contributed by atoms with Gasteiger partial charge in [0.05, 0.1) is 6.04 Å². The number of rotatable bonds is 3. The van der Waals surface area contributed by atoms with Crippen LogP contribution in [0.15, 0.2) is 22.7 Å². The minimum absolute atomic E-state index is 0.0317. The molecule has 2 unspecified atom stereocenters. The lowest BCUT2D eigenvalue weighted by Crippen LogP contribution is -2.33. The summed E-state index contributed by atoms with van der Waals surface area (Å²) in [6.45, 7) is 4.92. The summed E-state index contributed by atoms with van der Waals surface area (Å²) in [7, 11) is 0. The molecule has 2 atom stereocenters. The van der Waals surface area contributed by atoms with Gasteiger partial charge in [-0.05, 0) is 30.5 Å². The van der Waals surface area contributed by atoms with E-state index in [0.717, 1.165) is 23.0 Å². The molecule has 0 aromatic heterocycles. The molecule has 1 aromatic carbocycles. The molecule has 1 amide bonds. The van der Waals surface area contributed by atoms with Crippen LogP contribution in [0.2, 0.25) is 0 Å². The zero-order valence-corrected chi connectivity index (χ0v) is 12.4. The highest BCUT2D eigenvalue weighted by Crippen LogP contribution is 2.33. The molecule has 18 heavy (non-hydrogen) atoms. The number of aryl methyl sites for hydroxylation is 1. The van der Waals surface area contributed by atoms with Crippen molar-refractivity contribution in [3.8, 4) is 0 Å². The molecule has 0 radical (unpaired) electrons. The normalized spacial score (nSPS) is 23.8. The minimum Gasteiger partial charge on any atom is -0.334 e. The van der Waals surface area contributed by atoms with Gasteiger partial charge in [0.25, 0.3) is 0 Å². The minimum atomic E-state index is -0.0929. The summed E-state index contributed by atoms with van der Waals surface area (Å²) in [5, 5.41) is 0. The van der Waals surface area contributed by atoms with Crippen molar-refractivity contribution in [2.45, 2.75) is 38.8 Å². The molecule has 1 saturated heterocycles. The molecule has 4 heteroatoms. The topological polar surface area (TPSA) is 46.3 Å². The van der Waals surface area contributed by atoms with Crippen LogP contribution < -0.4 is 5.73 Å². The standard InChI is InChI=1S/C14H19BrN2O/c1-3-6-17-13(18)8-12(16)14(17)10-4-5-11(15)9(2)7-10/h4-5,7,12,14H,3,6,8,16H2,1-2H3. The van der Waals surface area contributed by atoms with Crippen molar-refractivity contribution in [3.05, 3.63) is 33.8 Å². The fourth-order valence-electron chi connectivity index (χ4n) is 2.60. The third-order valence-corrected chi connectivity index (χ3v) is 4.35. The number of nitrogens with two attached hydrogens (primary N) is 1. The summed E-state index contributed by atoms with van der Waals surface area (Å²) in [6, 6.07) is 6.15. The Labute approximate surface area is 116 Å². The van der Waals surface area contributed by atoms with Crippen LogP contribution in [0.1, 0.15) is 36.9 Å². The van der Waals surface area contributed by atoms with Crippen molar-refractivity contribution in [1.82, 2.24) is 4.90 Å². The monoisotopic (exact) mass is 310 g/mol. The quantitative estimate of drug-likeness (QED) is 0.933. The van der Waals surface area contributed by atoms with Crippen LogP contribution in [0.5, 0.6) is 0 Å². The number of carbonyl (C=O) groups is 1. The number of carbonyl (C=O) groups excluding carboxylic acids is 1. The maximum atomic E-state index is 11.9. The third-order valence-electron chi connectivity index (χ3n) is 3.46. The molecule has 0 bridgehead atoms. The summed E-state index contributed by atoms with van der Waals surface area (Å²) in [5.74, 6) is 0.176. The van der Waals surface area contributed by atoms with Crippen LogP contribution >= 0.6 is 15.9 Å². The van der Waals surface area contributed by atoms with Gasteiger partial charge in [0.1, 0.15) is 0 Å². The highest BCUT2D eigenvalue weighted by molar-refractivity contribution is 9.10. The van der Waals surface area contributed by atoms with E-state index in [1.54, 1.807) is 0 Å². The van der Waals surface area contributed by atoms with Crippen LogP contribution in [0.3, 0.4) is 0 Å². The van der Waals surface area contributed by atoms with Gasteiger partial charge in [0.2, 0.25) is 5.91 Å². The number of hydrogen-bond acceptors (Lipinski definition) is 2. The Balaban J connectivity index is 2.34. The van der Waals surface area contributed by atoms with E-state index in [1.807, 2.05) is 11.0 Å². The summed E-state index contributed by atoms with van der Waals surface area (Å²) in [5.41, 5.74) is 8.45. The molecule has 1 aromatic rings. The smallest absolute Gasteiger partial charge is 0.224 e. The zero-order valence-electron chi connectivity index (χ0n) is 10.8. The molecule has 2 N–H and O–H groups in total. The summed E-state index contributed by atoms with van der Waals surface area (Å²) >= 11 is 3.50. The van der Waals surface area contributed by atoms with Crippen molar-refractivity contribution >= 4 is 21.8 Å². The first-order valence-corrected chi connectivity index (χ1v) is 7.15. The molecule has 0 saturated carbocycles. The number of likely N-dealkylation sites (tertiary alicyclic amines) is 1. The molecular weight excluding hydrogens is 292 g/mol. The Morgan fingerprint density at radius 2 is 2.22 bits per heavy atom. The van der Waals surface area contributed by atoms with Crippen molar-refractivity contribution in [1.29, 1.82) is 0 Å². The van der Waals surface area contributed by atoms with Crippen molar-refractivity contribution in [2.75, 3.05) is 6.54 Å². The van der Waals surface area contributed by atoms with Gasteiger partial charge < -0.3 is 10.6 Å². The van der Waals surface area contributed by atoms with Crippen LogP contribution in [-0.2, 0) is 4.79 Å². The van der Waals surface area contributed by atoms with Crippen LogP contribution in [-0.4, -0.2) is 23.4 Å². The average Bonchev–Trinajstić information content (AvgIpc) is 2.59. The molecule has 98 valence electrons. The first-order chi connectivity index (χ1) is 8.54. The summed E-state index contributed by atoms with van der Waals surface area (Å²) in [4.78, 5) is 13.9. The number of nitrogens with zero attached hydrogens (tertiary/aromatic N) is 1. The fraction of sp³-hybridized carbons (Fsp3) is 0.500. The Morgan fingerprint density at radius 1 is 1.50 bits per heavy atom. The van der Waals surface area contributed by atoms with Crippen LogP contribution in [0, 0.1) is 6.92 Å². The van der Waals surface area contributed by atoms with Gasteiger partial charge in [0, 0.05) is 23.5 Å². The Bertz CT molecular complexity index is 461. The summed E-state index contributed by atoms with van der Waals surface area (Å²) in [6.07, 6.45) is 1.42. The van der Waals surface area contributed by atoms with Gasteiger partial charge in [0.15, 0.2) is 0 Å². The lowest BCUT2D eigenvalue weighted by molar-refractivity contribution is -0.129. The largest absolute Gasteiger partial charge is 0.334 e. The van der Waals surface area contributed by atoms with E-state index in [9.17, 15) is 4.79 Å². The van der Waals surface area contributed by atoms with Gasteiger partial charge in [-0.25, -0.2) is 0 Å². The number of amides is 1. The molecule has 1 aliphatic heterocycles.